The van der Waals surface area contributed by atoms with Crippen LogP contribution in [0.1, 0.15) is 50.2 Å². The summed E-state index contributed by atoms with van der Waals surface area (Å²) in [4.78, 5) is 27.9. The molecule has 0 aromatic heterocycles. The SMILES string of the molecule is CC1(C)CC(=O)C2=C(C1)N(c1ccc(C(F)(F)F)cc1)C(=O)CC2c1cccc(Cl)c1. The van der Waals surface area contributed by atoms with Gasteiger partial charge in [0.05, 0.1) is 5.56 Å². The molecule has 162 valence electrons. The lowest BCUT2D eigenvalue weighted by Crippen LogP contribution is -2.43. The van der Waals surface area contributed by atoms with E-state index in [-0.39, 0.29) is 23.5 Å². The van der Waals surface area contributed by atoms with E-state index in [0.29, 0.717) is 34.8 Å². The van der Waals surface area contributed by atoms with Crippen LogP contribution in [0.2, 0.25) is 5.02 Å². The highest BCUT2D eigenvalue weighted by atomic mass is 35.5. The van der Waals surface area contributed by atoms with Crippen molar-refractivity contribution in [3.8, 4) is 0 Å². The molecule has 0 saturated heterocycles. The van der Waals surface area contributed by atoms with Gasteiger partial charge < -0.3 is 0 Å². The number of amides is 1. The molecule has 1 atom stereocenters. The van der Waals surface area contributed by atoms with Crippen molar-refractivity contribution in [2.24, 2.45) is 5.41 Å². The number of alkyl halides is 3. The second-order valence-electron chi connectivity index (χ2n) is 8.89. The van der Waals surface area contributed by atoms with Crippen LogP contribution in [0, 0.1) is 5.41 Å². The Balaban J connectivity index is 1.85. The van der Waals surface area contributed by atoms with Crippen LogP contribution in [0.4, 0.5) is 18.9 Å². The fourth-order valence-electron chi connectivity index (χ4n) is 4.52. The van der Waals surface area contributed by atoms with Crippen LogP contribution >= 0.6 is 11.6 Å². The summed E-state index contributed by atoms with van der Waals surface area (Å²) in [5, 5.41) is 0.515. The standard InChI is InChI=1S/C24H21ClF3NO2/c1-23(2)12-19-22(20(30)13-23)18(14-4-3-5-16(25)10-14)11-21(31)29(19)17-8-6-15(7-9-17)24(26,27)28/h3-10,18H,11-13H2,1-2H3. The van der Waals surface area contributed by atoms with Crippen molar-refractivity contribution >= 4 is 29.0 Å². The number of anilines is 1. The highest BCUT2D eigenvalue weighted by Gasteiger charge is 2.44. The van der Waals surface area contributed by atoms with E-state index in [1.165, 1.54) is 17.0 Å². The first kappa shape index (κ1) is 21.6. The van der Waals surface area contributed by atoms with Gasteiger partial charge in [-0.25, -0.2) is 0 Å². The number of benzene rings is 2. The maximum atomic E-state index is 13.2. The predicted molar refractivity (Wildman–Crippen MR) is 113 cm³/mol. The van der Waals surface area contributed by atoms with Gasteiger partial charge in [-0.2, -0.15) is 13.2 Å². The second kappa shape index (κ2) is 7.52. The normalized spacial score (nSPS) is 21.4. The van der Waals surface area contributed by atoms with Crippen molar-refractivity contribution < 1.29 is 22.8 Å². The highest BCUT2D eigenvalue weighted by molar-refractivity contribution is 6.30. The minimum Gasteiger partial charge on any atom is -0.294 e. The van der Waals surface area contributed by atoms with Crippen molar-refractivity contribution in [2.75, 3.05) is 4.90 Å². The van der Waals surface area contributed by atoms with Crippen LogP contribution in [0.5, 0.6) is 0 Å². The van der Waals surface area contributed by atoms with Crippen molar-refractivity contribution in [3.63, 3.8) is 0 Å². The van der Waals surface area contributed by atoms with E-state index in [1.807, 2.05) is 19.9 Å². The molecule has 1 aliphatic heterocycles. The van der Waals surface area contributed by atoms with Crippen LogP contribution in [-0.4, -0.2) is 11.7 Å². The summed E-state index contributed by atoms with van der Waals surface area (Å²) in [6.45, 7) is 3.90. The van der Waals surface area contributed by atoms with E-state index in [0.717, 1.165) is 17.7 Å². The van der Waals surface area contributed by atoms with Gasteiger partial charge in [0.1, 0.15) is 0 Å². The molecule has 0 bridgehead atoms. The summed E-state index contributed by atoms with van der Waals surface area (Å²) in [7, 11) is 0. The smallest absolute Gasteiger partial charge is 0.294 e. The van der Waals surface area contributed by atoms with Gasteiger partial charge in [0.25, 0.3) is 0 Å². The first-order chi connectivity index (χ1) is 14.5. The van der Waals surface area contributed by atoms with E-state index in [4.69, 9.17) is 11.6 Å². The quantitative estimate of drug-likeness (QED) is 0.525. The van der Waals surface area contributed by atoms with Crippen LogP contribution in [0.3, 0.4) is 0 Å². The molecule has 2 aromatic carbocycles. The lowest BCUT2D eigenvalue weighted by molar-refractivity contribution is -0.137. The average molecular weight is 448 g/mol. The summed E-state index contributed by atoms with van der Waals surface area (Å²) in [5.41, 5.74) is 1.10. The first-order valence-electron chi connectivity index (χ1n) is 9.98. The summed E-state index contributed by atoms with van der Waals surface area (Å²) in [5.74, 6) is -0.717. The fourth-order valence-corrected chi connectivity index (χ4v) is 4.72. The third-order valence-corrected chi connectivity index (χ3v) is 6.08. The molecule has 0 fully saturated rings. The number of rotatable bonds is 2. The molecule has 31 heavy (non-hydrogen) atoms. The fraction of sp³-hybridized carbons (Fsp3) is 0.333. The topological polar surface area (TPSA) is 37.4 Å². The van der Waals surface area contributed by atoms with Gasteiger partial charge in [-0.1, -0.05) is 37.6 Å². The molecular weight excluding hydrogens is 427 g/mol. The third kappa shape index (κ3) is 4.13. The zero-order valence-electron chi connectivity index (χ0n) is 17.1. The average Bonchev–Trinajstić information content (AvgIpc) is 2.65. The monoisotopic (exact) mass is 447 g/mol. The Hall–Kier alpha value is -2.60. The molecule has 2 aliphatic rings. The van der Waals surface area contributed by atoms with Crippen molar-refractivity contribution in [1.29, 1.82) is 0 Å². The summed E-state index contributed by atoms with van der Waals surface area (Å²) in [6, 6.07) is 11.6. The molecule has 1 heterocycles. The number of hydrogen-bond acceptors (Lipinski definition) is 2. The van der Waals surface area contributed by atoms with Gasteiger partial charge in [-0.05, 0) is 53.8 Å². The number of allylic oxidation sites excluding steroid dienone is 2. The molecule has 2 aromatic rings. The number of ketones is 1. The zero-order chi connectivity index (χ0) is 22.6. The Morgan fingerprint density at radius 1 is 1.03 bits per heavy atom. The summed E-state index contributed by atoms with van der Waals surface area (Å²) >= 11 is 6.15. The predicted octanol–water partition coefficient (Wildman–Crippen LogP) is 6.52. The number of carbonyl (C=O) groups excluding carboxylic acids is 2. The molecule has 3 nitrogen and oxygen atoms in total. The Morgan fingerprint density at radius 3 is 2.32 bits per heavy atom. The number of halogens is 4. The van der Waals surface area contributed by atoms with Gasteiger partial charge >= 0.3 is 6.18 Å². The maximum Gasteiger partial charge on any atom is 0.416 e. The van der Waals surface area contributed by atoms with E-state index in [9.17, 15) is 22.8 Å². The number of nitrogens with zero attached hydrogens (tertiary/aromatic N) is 1. The van der Waals surface area contributed by atoms with E-state index in [1.54, 1.807) is 18.2 Å². The Labute approximate surface area is 183 Å². The van der Waals surface area contributed by atoms with Gasteiger partial charge in [-0.3, -0.25) is 14.5 Å². The number of Topliss-reactive ketones (excluding diaryl/α,β-unsaturated/α-hetero) is 1. The van der Waals surface area contributed by atoms with Crippen molar-refractivity contribution in [3.05, 3.63) is 76.0 Å². The molecule has 1 aliphatic carbocycles. The second-order valence-corrected chi connectivity index (χ2v) is 9.32. The molecular formula is C24H21ClF3NO2. The van der Waals surface area contributed by atoms with Crippen LogP contribution < -0.4 is 4.90 Å². The largest absolute Gasteiger partial charge is 0.416 e. The molecule has 1 unspecified atom stereocenters. The Kier molecular flexibility index (Phi) is 5.24. The number of carbonyl (C=O) groups is 2. The molecule has 0 spiro atoms. The van der Waals surface area contributed by atoms with E-state index in [2.05, 4.69) is 0 Å². The number of hydrogen-bond donors (Lipinski definition) is 0. The first-order valence-corrected chi connectivity index (χ1v) is 10.4. The molecule has 0 radical (unpaired) electrons. The van der Waals surface area contributed by atoms with Gasteiger partial charge in [-0.15, -0.1) is 0 Å². The van der Waals surface area contributed by atoms with Crippen LogP contribution in [0.25, 0.3) is 0 Å². The van der Waals surface area contributed by atoms with E-state index < -0.39 is 17.7 Å². The summed E-state index contributed by atoms with van der Waals surface area (Å²) in [6.07, 6.45) is -3.60. The lowest BCUT2D eigenvalue weighted by Gasteiger charge is -2.43. The Bertz CT molecular complexity index is 1090. The van der Waals surface area contributed by atoms with Gasteiger partial charge in [0.15, 0.2) is 5.78 Å². The van der Waals surface area contributed by atoms with Crippen LogP contribution in [0.15, 0.2) is 59.8 Å². The van der Waals surface area contributed by atoms with Crippen molar-refractivity contribution in [2.45, 2.75) is 45.2 Å². The molecule has 4 rings (SSSR count). The Morgan fingerprint density at radius 2 is 1.71 bits per heavy atom. The summed E-state index contributed by atoms with van der Waals surface area (Å²) < 4.78 is 39.0. The minimum atomic E-state index is -4.46. The van der Waals surface area contributed by atoms with Gasteiger partial charge in [0.2, 0.25) is 5.91 Å². The lowest BCUT2D eigenvalue weighted by atomic mass is 9.69. The zero-order valence-corrected chi connectivity index (χ0v) is 17.8. The van der Waals surface area contributed by atoms with Crippen molar-refractivity contribution in [1.82, 2.24) is 0 Å². The minimum absolute atomic E-state index is 0.0411. The van der Waals surface area contributed by atoms with E-state index >= 15 is 0 Å². The third-order valence-electron chi connectivity index (χ3n) is 5.85. The van der Waals surface area contributed by atoms with Gasteiger partial charge in [0, 0.05) is 40.7 Å². The highest BCUT2D eigenvalue weighted by Crippen LogP contribution is 2.48. The molecule has 1 amide bonds. The molecule has 0 saturated carbocycles. The maximum absolute atomic E-state index is 13.2. The van der Waals surface area contributed by atoms with Crippen LogP contribution in [-0.2, 0) is 15.8 Å². The molecule has 7 heteroatoms. The molecule has 0 N–H and O–H groups in total.